The van der Waals surface area contributed by atoms with Crippen molar-refractivity contribution in [2.75, 3.05) is 6.61 Å². The summed E-state index contributed by atoms with van der Waals surface area (Å²) in [6.07, 6.45) is -4.54. The van der Waals surface area contributed by atoms with Crippen molar-refractivity contribution in [1.29, 1.82) is 0 Å². The Bertz CT molecular complexity index is 1260. The van der Waals surface area contributed by atoms with Gasteiger partial charge in [0.15, 0.2) is 5.75 Å². The molecule has 31 heavy (non-hydrogen) atoms. The van der Waals surface area contributed by atoms with Crippen molar-refractivity contribution >= 4 is 16.9 Å². The van der Waals surface area contributed by atoms with Crippen LogP contribution in [-0.2, 0) is 15.7 Å². The summed E-state index contributed by atoms with van der Waals surface area (Å²) < 4.78 is 55.1. The molecule has 1 aliphatic rings. The van der Waals surface area contributed by atoms with Crippen LogP contribution in [0.15, 0.2) is 69.2 Å². The van der Waals surface area contributed by atoms with E-state index < -0.39 is 29.3 Å². The van der Waals surface area contributed by atoms with Gasteiger partial charge >= 0.3 is 17.8 Å². The molecule has 0 radical (unpaired) electrons. The van der Waals surface area contributed by atoms with E-state index in [1.807, 2.05) is 0 Å². The van der Waals surface area contributed by atoms with E-state index in [2.05, 4.69) is 0 Å². The first-order chi connectivity index (χ1) is 14.7. The minimum Gasteiger partial charge on any atom is -0.462 e. The molecule has 0 bridgehead atoms. The number of halogens is 3. The molecule has 3 aromatic rings. The van der Waals surface area contributed by atoms with Crippen molar-refractivity contribution in [2.24, 2.45) is 5.73 Å². The number of benzene rings is 2. The molecular formula is C22H16F3NO5. The summed E-state index contributed by atoms with van der Waals surface area (Å²) in [4.78, 5) is 25.5. The molecular weight excluding hydrogens is 415 g/mol. The number of esters is 1. The standard InChI is InChI=1S/C22H16F3NO5/c1-2-29-20(27)17-15(11-7-9-12(10-8-11)22(23,24)25)16-18(31-19(17)26)13-5-3-4-6-14(13)30-21(16)28/h3-10,15H,2,26H2,1H3. The summed E-state index contributed by atoms with van der Waals surface area (Å²) >= 11 is 0. The zero-order valence-corrected chi connectivity index (χ0v) is 16.2. The van der Waals surface area contributed by atoms with Gasteiger partial charge in [-0.3, -0.25) is 0 Å². The second-order valence-corrected chi connectivity index (χ2v) is 6.78. The maximum absolute atomic E-state index is 13.0. The van der Waals surface area contributed by atoms with Crippen LogP contribution >= 0.6 is 0 Å². The lowest BCUT2D eigenvalue weighted by molar-refractivity contribution is -0.139. The summed E-state index contributed by atoms with van der Waals surface area (Å²) in [5, 5.41) is 0.430. The van der Waals surface area contributed by atoms with Crippen LogP contribution in [0.1, 0.15) is 29.5 Å². The molecule has 1 aliphatic heterocycles. The predicted molar refractivity (Wildman–Crippen MR) is 104 cm³/mol. The summed E-state index contributed by atoms with van der Waals surface area (Å²) in [6, 6.07) is 10.7. The maximum atomic E-state index is 13.0. The molecule has 160 valence electrons. The van der Waals surface area contributed by atoms with Gasteiger partial charge in [0.05, 0.1) is 29.0 Å². The second-order valence-electron chi connectivity index (χ2n) is 6.78. The second kappa shape index (κ2) is 7.50. The van der Waals surface area contributed by atoms with Crippen molar-refractivity contribution in [3.8, 4) is 5.75 Å². The Hall–Kier alpha value is -3.75. The van der Waals surface area contributed by atoms with Gasteiger partial charge in [-0.05, 0) is 36.8 Å². The lowest BCUT2D eigenvalue weighted by Crippen LogP contribution is -2.31. The van der Waals surface area contributed by atoms with Gasteiger partial charge in [-0.2, -0.15) is 13.2 Å². The molecule has 0 amide bonds. The molecule has 1 unspecified atom stereocenters. The van der Waals surface area contributed by atoms with Gasteiger partial charge in [-0.25, -0.2) is 9.59 Å². The fourth-order valence-corrected chi connectivity index (χ4v) is 3.57. The van der Waals surface area contributed by atoms with E-state index in [9.17, 15) is 22.8 Å². The van der Waals surface area contributed by atoms with Gasteiger partial charge in [0.2, 0.25) is 5.88 Å². The smallest absolute Gasteiger partial charge is 0.416 e. The Labute approximate surface area is 173 Å². The van der Waals surface area contributed by atoms with E-state index in [-0.39, 0.29) is 40.5 Å². The first-order valence-electron chi connectivity index (χ1n) is 9.30. The lowest BCUT2D eigenvalue weighted by Gasteiger charge is -2.28. The van der Waals surface area contributed by atoms with Gasteiger partial charge < -0.3 is 19.6 Å². The van der Waals surface area contributed by atoms with Crippen LogP contribution in [0.4, 0.5) is 13.2 Å². The predicted octanol–water partition coefficient (Wildman–Crippen LogP) is 4.07. The number of nitrogens with two attached hydrogens (primary N) is 1. The Morgan fingerprint density at radius 2 is 1.81 bits per heavy atom. The topological polar surface area (TPSA) is 91.8 Å². The summed E-state index contributed by atoms with van der Waals surface area (Å²) in [5.41, 5.74) is 4.61. The van der Waals surface area contributed by atoms with Crippen molar-refractivity contribution in [3.05, 3.63) is 87.1 Å². The zero-order valence-electron chi connectivity index (χ0n) is 16.2. The molecule has 2 N–H and O–H groups in total. The number of para-hydroxylation sites is 1. The molecule has 0 fully saturated rings. The van der Waals surface area contributed by atoms with Gasteiger partial charge in [-0.1, -0.05) is 24.3 Å². The molecule has 0 saturated carbocycles. The van der Waals surface area contributed by atoms with Crippen molar-refractivity contribution in [3.63, 3.8) is 0 Å². The zero-order chi connectivity index (χ0) is 22.3. The number of ether oxygens (including phenoxy) is 2. The highest BCUT2D eigenvalue weighted by molar-refractivity contribution is 5.94. The van der Waals surface area contributed by atoms with Crippen LogP contribution in [0.2, 0.25) is 0 Å². The third-order valence-electron chi connectivity index (χ3n) is 4.92. The van der Waals surface area contributed by atoms with E-state index in [4.69, 9.17) is 19.6 Å². The third kappa shape index (κ3) is 3.52. The largest absolute Gasteiger partial charge is 0.462 e. The molecule has 9 heteroatoms. The van der Waals surface area contributed by atoms with E-state index in [1.54, 1.807) is 31.2 Å². The van der Waals surface area contributed by atoms with Crippen LogP contribution < -0.4 is 16.1 Å². The first-order valence-corrected chi connectivity index (χ1v) is 9.30. The lowest BCUT2D eigenvalue weighted by atomic mass is 9.83. The molecule has 6 nitrogen and oxygen atoms in total. The summed E-state index contributed by atoms with van der Waals surface area (Å²) in [6.45, 7) is 1.61. The molecule has 1 aromatic heterocycles. The van der Waals surface area contributed by atoms with Crippen LogP contribution in [0.5, 0.6) is 5.75 Å². The monoisotopic (exact) mass is 431 g/mol. The first kappa shape index (κ1) is 20.5. The van der Waals surface area contributed by atoms with E-state index in [0.29, 0.717) is 5.39 Å². The van der Waals surface area contributed by atoms with Gasteiger partial charge in [0.1, 0.15) is 11.2 Å². The number of fused-ring (bicyclic) bond motifs is 3. The number of rotatable bonds is 3. The molecule has 0 spiro atoms. The molecule has 4 rings (SSSR count). The quantitative estimate of drug-likeness (QED) is 0.497. The van der Waals surface area contributed by atoms with Gasteiger partial charge in [0.25, 0.3) is 0 Å². The van der Waals surface area contributed by atoms with Crippen LogP contribution in [0.3, 0.4) is 0 Å². The fourth-order valence-electron chi connectivity index (χ4n) is 3.57. The van der Waals surface area contributed by atoms with E-state index in [0.717, 1.165) is 12.1 Å². The average Bonchev–Trinajstić information content (AvgIpc) is 2.72. The van der Waals surface area contributed by atoms with Crippen molar-refractivity contribution in [1.82, 2.24) is 0 Å². The van der Waals surface area contributed by atoms with Gasteiger partial charge in [-0.15, -0.1) is 0 Å². The number of carbonyl (C=O) groups is 1. The fraction of sp³-hybridized carbons (Fsp3) is 0.182. The highest BCUT2D eigenvalue weighted by Gasteiger charge is 2.40. The number of carbonyl (C=O) groups excluding carboxylic acids is 1. The summed E-state index contributed by atoms with van der Waals surface area (Å²) in [5.74, 6) is -2.19. The SMILES string of the molecule is CCOC(=O)C1=C(N)Oc2c(c(=O)oc3ccccc23)C1c1ccc(C(F)(F)F)cc1. The Balaban J connectivity index is 1.98. The Kier molecular flexibility index (Phi) is 4.96. The normalized spacial score (nSPS) is 16.1. The minimum atomic E-state index is -4.54. The summed E-state index contributed by atoms with van der Waals surface area (Å²) in [7, 11) is 0. The number of hydrogen-bond donors (Lipinski definition) is 1. The molecule has 2 aromatic carbocycles. The van der Waals surface area contributed by atoms with E-state index >= 15 is 0 Å². The van der Waals surface area contributed by atoms with Gasteiger partial charge in [0, 0.05) is 0 Å². The molecule has 2 heterocycles. The molecule has 0 aliphatic carbocycles. The molecule has 1 atom stereocenters. The average molecular weight is 431 g/mol. The van der Waals surface area contributed by atoms with Crippen molar-refractivity contribution in [2.45, 2.75) is 19.0 Å². The van der Waals surface area contributed by atoms with Crippen LogP contribution in [-0.4, -0.2) is 12.6 Å². The van der Waals surface area contributed by atoms with Crippen molar-refractivity contribution < 1.29 is 31.9 Å². The number of hydrogen-bond acceptors (Lipinski definition) is 6. The van der Waals surface area contributed by atoms with E-state index in [1.165, 1.54) is 12.1 Å². The minimum absolute atomic E-state index is 0.0224. The third-order valence-corrected chi connectivity index (χ3v) is 4.92. The Morgan fingerprint density at radius 1 is 1.13 bits per heavy atom. The highest BCUT2D eigenvalue weighted by atomic mass is 19.4. The van der Waals surface area contributed by atoms with Crippen LogP contribution in [0, 0.1) is 0 Å². The highest BCUT2D eigenvalue weighted by Crippen LogP contribution is 2.44. The van der Waals surface area contributed by atoms with Crippen LogP contribution in [0.25, 0.3) is 11.0 Å². The maximum Gasteiger partial charge on any atom is 0.416 e. The number of alkyl halides is 3. The molecule has 0 saturated heterocycles. The Morgan fingerprint density at radius 3 is 2.45 bits per heavy atom.